The number of pyridine rings is 1. The summed E-state index contributed by atoms with van der Waals surface area (Å²) >= 11 is 0. The van der Waals surface area contributed by atoms with Crippen LogP contribution in [0.25, 0.3) is 16.8 Å². The number of nitrogens with zero attached hydrogens (tertiary/aromatic N) is 3. The van der Waals surface area contributed by atoms with Gasteiger partial charge in [-0.25, -0.2) is 9.50 Å². The molecule has 1 aliphatic heterocycles. The predicted molar refractivity (Wildman–Crippen MR) is 107 cm³/mol. The second kappa shape index (κ2) is 6.79. The van der Waals surface area contributed by atoms with Crippen LogP contribution >= 0.6 is 0 Å². The molecule has 1 aromatic carbocycles. The number of hydrogen-bond donors (Lipinski definition) is 4. The summed E-state index contributed by atoms with van der Waals surface area (Å²) < 4.78 is 1.59. The van der Waals surface area contributed by atoms with Crippen LogP contribution in [0.5, 0.6) is 5.75 Å². The maximum absolute atomic E-state index is 12.2. The molecule has 1 saturated heterocycles. The molecule has 0 saturated carbocycles. The van der Waals surface area contributed by atoms with Crippen molar-refractivity contribution >= 4 is 17.2 Å². The Balaban J connectivity index is 1.97. The molecule has 3 aromatic rings. The molecule has 4 rings (SSSR count). The second-order valence-corrected chi connectivity index (χ2v) is 7.36. The highest BCUT2D eigenvalue weighted by Gasteiger charge is 2.25. The molecule has 146 valence electrons. The lowest BCUT2D eigenvalue weighted by Gasteiger charge is -2.19. The van der Waals surface area contributed by atoms with E-state index in [0.717, 1.165) is 37.1 Å². The summed E-state index contributed by atoms with van der Waals surface area (Å²) in [6.07, 6.45) is 3.65. The molecule has 28 heavy (non-hydrogen) atoms. The number of rotatable bonds is 3. The highest BCUT2D eigenvalue weighted by Crippen LogP contribution is 2.38. The zero-order valence-corrected chi connectivity index (χ0v) is 16.0. The minimum Gasteiger partial charge on any atom is -0.508 e. The third-order valence-electron chi connectivity index (χ3n) is 5.55. The number of fused-ring (bicyclic) bond motifs is 1. The molecule has 0 bridgehead atoms. The molecule has 1 amide bonds. The van der Waals surface area contributed by atoms with Gasteiger partial charge in [-0.1, -0.05) is 6.07 Å². The maximum Gasteiger partial charge on any atom is 0.254 e. The first-order valence-electron chi connectivity index (χ1n) is 9.37. The molecular weight excluding hydrogens is 356 g/mol. The average molecular weight is 380 g/mol. The second-order valence-electron chi connectivity index (χ2n) is 7.36. The fourth-order valence-electron chi connectivity index (χ4n) is 3.99. The summed E-state index contributed by atoms with van der Waals surface area (Å²) in [5, 5.41) is 18.1. The van der Waals surface area contributed by atoms with Crippen molar-refractivity contribution in [3.63, 3.8) is 0 Å². The number of carbonyl (C=O) groups excluding carboxylic acids is 1. The third-order valence-corrected chi connectivity index (χ3v) is 5.55. The van der Waals surface area contributed by atoms with Crippen molar-refractivity contribution in [1.82, 2.24) is 19.9 Å². The number of phenols is 1. The summed E-state index contributed by atoms with van der Waals surface area (Å²) in [4.78, 5) is 16.9. The normalized spacial score (nSPS) is 15.2. The number of primary amides is 1. The van der Waals surface area contributed by atoms with Gasteiger partial charge in [-0.05, 0) is 62.5 Å². The Morgan fingerprint density at radius 2 is 2.00 bits per heavy atom. The number of amides is 1. The first kappa shape index (κ1) is 18.2. The largest absolute Gasteiger partial charge is 0.508 e. The lowest BCUT2D eigenvalue weighted by molar-refractivity contribution is 0.100. The fourth-order valence-corrected chi connectivity index (χ4v) is 3.99. The van der Waals surface area contributed by atoms with Gasteiger partial charge in [-0.15, -0.1) is 0 Å². The molecule has 0 spiro atoms. The highest BCUT2D eigenvalue weighted by atomic mass is 16.3. The van der Waals surface area contributed by atoms with Gasteiger partial charge in [0.1, 0.15) is 11.3 Å². The Kier molecular flexibility index (Phi) is 4.43. The molecule has 1 aliphatic rings. The Morgan fingerprint density at radius 1 is 1.29 bits per heavy atom. The number of hydrogen-bond acceptors (Lipinski definition) is 6. The number of carbonyl (C=O) groups is 1. The number of nitrogens with one attached hydrogen (secondary N) is 1. The van der Waals surface area contributed by atoms with E-state index in [1.165, 1.54) is 0 Å². The van der Waals surface area contributed by atoms with Crippen molar-refractivity contribution in [2.45, 2.75) is 32.6 Å². The van der Waals surface area contributed by atoms with Crippen LogP contribution in [0.15, 0.2) is 18.3 Å². The van der Waals surface area contributed by atoms with Gasteiger partial charge in [-0.2, -0.15) is 5.10 Å². The summed E-state index contributed by atoms with van der Waals surface area (Å²) in [7, 11) is 0. The van der Waals surface area contributed by atoms with Crippen LogP contribution in [0.3, 0.4) is 0 Å². The van der Waals surface area contributed by atoms with Crippen molar-refractivity contribution in [1.29, 1.82) is 0 Å². The fraction of sp³-hybridized carbons (Fsp3) is 0.350. The Hall–Kier alpha value is -3.13. The van der Waals surface area contributed by atoms with Crippen LogP contribution in [0.2, 0.25) is 0 Å². The number of aromatic hydroxyl groups is 1. The predicted octanol–water partition coefficient (Wildman–Crippen LogP) is 1.87. The Bertz CT molecular complexity index is 1080. The highest BCUT2D eigenvalue weighted by molar-refractivity contribution is 6.07. The zero-order valence-electron chi connectivity index (χ0n) is 16.0. The molecule has 0 atom stereocenters. The number of benzene rings is 1. The lowest BCUT2D eigenvalue weighted by atomic mass is 9.93. The van der Waals surface area contributed by atoms with E-state index < -0.39 is 5.91 Å². The zero-order chi connectivity index (χ0) is 20.0. The van der Waals surface area contributed by atoms with E-state index >= 15 is 0 Å². The van der Waals surface area contributed by atoms with E-state index in [0.29, 0.717) is 22.6 Å². The van der Waals surface area contributed by atoms with Crippen LogP contribution < -0.4 is 16.8 Å². The van der Waals surface area contributed by atoms with Crippen LogP contribution in [-0.4, -0.2) is 38.7 Å². The number of nitrogens with two attached hydrogens (primary N) is 2. The number of aryl methyl sites for hydroxylation is 1. The van der Waals surface area contributed by atoms with Gasteiger partial charge in [-0.3, -0.25) is 4.79 Å². The van der Waals surface area contributed by atoms with Gasteiger partial charge in [0.05, 0.1) is 5.69 Å². The maximum atomic E-state index is 12.2. The topological polar surface area (TPSA) is 132 Å². The molecule has 2 aromatic heterocycles. The smallest absolute Gasteiger partial charge is 0.254 e. The molecule has 0 unspecified atom stereocenters. The molecule has 0 aliphatic carbocycles. The number of anilines is 1. The summed E-state index contributed by atoms with van der Waals surface area (Å²) in [6.45, 7) is 5.57. The average Bonchev–Trinajstić information content (AvgIpc) is 3.09. The van der Waals surface area contributed by atoms with Crippen LogP contribution in [0.4, 0.5) is 5.69 Å². The van der Waals surface area contributed by atoms with Gasteiger partial charge in [0.2, 0.25) is 0 Å². The summed E-state index contributed by atoms with van der Waals surface area (Å²) in [6, 6.07) is 3.45. The van der Waals surface area contributed by atoms with Gasteiger partial charge in [0.25, 0.3) is 5.91 Å². The van der Waals surface area contributed by atoms with Crippen molar-refractivity contribution in [2.24, 2.45) is 5.73 Å². The summed E-state index contributed by atoms with van der Waals surface area (Å²) in [5.41, 5.74) is 15.8. The molecule has 3 heterocycles. The third kappa shape index (κ3) is 2.86. The van der Waals surface area contributed by atoms with Gasteiger partial charge < -0.3 is 21.9 Å². The van der Waals surface area contributed by atoms with Crippen molar-refractivity contribution in [2.75, 3.05) is 18.8 Å². The van der Waals surface area contributed by atoms with Crippen LogP contribution in [-0.2, 0) is 0 Å². The monoisotopic (exact) mass is 380 g/mol. The van der Waals surface area contributed by atoms with Gasteiger partial charge in [0.15, 0.2) is 11.5 Å². The number of phenolic OH excluding ortho intramolecular Hbond substituents is 1. The minimum atomic E-state index is -0.649. The van der Waals surface area contributed by atoms with E-state index in [9.17, 15) is 9.90 Å². The van der Waals surface area contributed by atoms with Crippen molar-refractivity contribution in [3.05, 3.63) is 40.8 Å². The molecule has 1 fully saturated rings. The Labute approximate surface area is 162 Å². The Morgan fingerprint density at radius 3 is 2.68 bits per heavy atom. The van der Waals surface area contributed by atoms with E-state index in [1.54, 1.807) is 16.8 Å². The first-order chi connectivity index (χ1) is 13.4. The number of piperidine rings is 1. The molecule has 8 heteroatoms. The number of aromatic nitrogens is 3. The van der Waals surface area contributed by atoms with Gasteiger partial charge >= 0.3 is 0 Å². The molecule has 0 radical (unpaired) electrons. The standard InChI is InChI=1S/C20H24N6O2/c1-10-3-4-14(27)11(2)15(10)13-9-26-20(16(17(13)21)18(22)28)24-19(25-26)12-5-7-23-8-6-12/h3-4,9,12,23,27H,5-8,21H2,1-2H3,(H2,22,28). The first-order valence-corrected chi connectivity index (χ1v) is 9.37. The molecular formula is C20H24N6O2. The number of nitrogen functional groups attached to an aromatic ring is 1. The minimum absolute atomic E-state index is 0.160. The van der Waals surface area contributed by atoms with Crippen LogP contribution in [0, 0.1) is 13.8 Å². The molecule has 6 N–H and O–H groups in total. The lowest BCUT2D eigenvalue weighted by Crippen LogP contribution is -2.27. The summed E-state index contributed by atoms with van der Waals surface area (Å²) in [5.74, 6) is 0.444. The van der Waals surface area contributed by atoms with Crippen molar-refractivity contribution in [3.8, 4) is 16.9 Å². The van der Waals surface area contributed by atoms with Crippen molar-refractivity contribution < 1.29 is 9.90 Å². The van der Waals surface area contributed by atoms with E-state index in [4.69, 9.17) is 11.5 Å². The van der Waals surface area contributed by atoms with E-state index in [1.807, 2.05) is 19.9 Å². The quantitative estimate of drug-likeness (QED) is 0.548. The SMILES string of the molecule is Cc1ccc(O)c(C)c1-c1cn2nc(C3CCNCC3)nc2c(C(N)=O)c1N. The van der Waals surface area contributed by atoms with E-state index in [2.05, 4.69) is 15.4 Å². The van der Waals surface area contributed by atoms with E-state index in [-0.39, 0.29) is 22.9 Å². The van der Waals surface area contributed by atoms with Gasteiger partial charge in [0, 0.05) is 17.7 Å². The van der Waals surface area contributed by atoms with Crippen LogP contribution in [0.1, 0.15) is 46.1 Å². The molecule has 8 nitrogen and oxygen atoms in total.